The second-order valence-corrected chi connectivity index (χ2v) is 9.04. The number of carbonyl (C=O) groups excluding carboxylic acids is 1. The molecule has 0 unspecified atom stereocenters. The lowest BCUT2D eigenvalue weighted by atomic mass is 10.1. The van der Waals surface area contributed by atoms with E-state index in [4.69, 9.17) is 30.5 Å². The largest absolute Gasteiger partial charge is 0.493 e. The molecule has 1 amide bonds. The van der Waals surface area contributed by atoms with Crippen LogP contribution in [0.1, 0.15) is 25.0 Å². The Morgan fingerprint density at radius 2 is 1.74 bits per heavy atom. The van der Waals surface area contributed by atoms with E-state index in [0.717, 1.165) is 12.0 Å². The van der Waals surface area contributed by atoms with Crippen molar-refractivity contribution in [3.8, 4) is 23.0 Å². The molecule has 1 aliphatic rings. The number of hydrazone groups is 1. The van der Waals surface area contributed by atoms with Gasteiger partial charge >= 0.3 is 0 Å². The summed E-state index contributed by atoms with van der Waals surface area (Å²) in [6.45, 7) is 8.36. The van der Waals surface area contributed by atoms with E-state index in [1.807, 2.05) is 61.5 Å². The third-order valence-electron chi connectivity index (χ3n) is 5.90. The molecule has 4 rings (SSSR count). The third kappa shape index (κ3) is 6.62. The summed E-state index contributed by atoms with van der Waals surface area (Å²) in [6, 6.07) is 18.6. The fourth-order valence-electron chi connectivity index (χ4n) is 4.09. The Labute approximate surface area is 233 Å². The van der Waals surface area contributed by atoms with Gasteiger partial charge in [0, 0.05) is 0 Å². The van der Waals surface area contributed by atoms with Crippen molar-refractivity contribution in [1.29, 1.82) is 0 Å². The van der Waals surface area contributed by atoms with Crippen LogP contribution < -0.4 is 24.0 Å². The zero-order chi connectivity index (χ0) is 27.8. The second kappa shape index (κ2) is 13.0. The van der Waals surface area contributed by atoms with Gasteiger partial charge in [-0.2, -0.15) is 10.1 Å². The molecule has 0 N–H and O–H groups in total. The first-order valence-electron chi connectivity index (χ1n) is 12.6. The van der Waals surface area contributed by atoms with E-state index in [-0.39, 0.29) is 19.1 Å². The fraction of sp³-hybridized carbons (Fsp3) is 0.226. The van der Waals surface area contributed by atoms with Gasteiger partial charge in [0.15, 0.2) is 23.0 Å². The number of hydrogen-bond donors (Lipinski definition) is 0. The van der Waals surface area contributed by atoms with Gasteiger partial charge in [0.05, 0.1) is 35.7 Å². The van der Waals surface area contributed by atoms with Crippen molar-refractivity contribution in [2.24, 2.45) is 5.10 Å². The zero-order valence-electron chi connectivity index (χ0n) is 22.3. The summed E-state index contributed by atoms with van der Waals surface area (Å²) < 4.78 is 23.1. The van der Waals surface area contributed by atoms with Crippen LogP contribution in [0.3, 0.4) is 0 Å². The lowest BCUT2D eigenvalue weighted by Gasteiger charge is -2.16. The average Bonchev–Trinajstić information content (AvgIpc) is 3.22. The Hall–Kier alpha value is -4.23. The normalized spacial score (nSPS) is 13.8. The molecule has 8 heteroatoms. The van der Waals surface area contributed by atoms with Crippen LogP contribution in [0, 0.1) is 0 Å². The maximum atomic E-state index is 13.1. The van der Waals surface area contributed by atoms with Crippen molar-refractivity contribution in [2.45, 2.75) is 20.3 Å². The molecule has 0 radical (unpaired) electrons. The number of allylic oxidation sites excluding steroid dienone is 1. The Balaban J connectivity index is 1.47. The van der Waals surface area contributed by atoms with Gasteiger partial charge < -0.3 is 18.9 Å². The van der Waals surface area contributed by atoms with Crippen molar-refractivity contribution in [1.82, 2.24) is 0 Å². The van der Waals surface area contributed by atoms with Crippen LogP contribution in [0.5, 0.6) is 23.0 Å². The minimum Gasteiger partial charge on any atom is -0.493 e. The lowest BCUT2D eigenvalue weighted by Crippen LogP contribution is -2.21. The molecule has 1 heterocycles. The van der Waals surface area contributed by atoms with E-state index in [0.29, 0.717) is 57.2 Å². The maximum absolute atomic E-state index is 13.1. The molecule has 0 fully saturated rings. The summed E-state index contributed by atoms with van der Waals surface area (Å²) >= 11 is 6.62. The number of anilines is 1. The number of benzene rings is 3. The first kappa shape index (κ1) is 27.8. The molecule has 1 aliphatic heterocycles. The number of rotatable bonds is 12. The van der Waals surface area contributed by atoms with Gasteiger partial charge in [-0.05, 0) is 73.9 Å². The van der Waals surface area contributed by atoms with Crippen LogP contribution in [0.15, 0.2) is 84.0 Å². The number of nitrogens with zero attached hydrogens (tertiary/aromatic N) is 2. The number of para-hydroxylation sites is 1. The van der Waals surface area contributed by atoms with Gasteiger partial charge in [-0.25, -0.2) is 0 Å². The summed E-state index contributed by atoms with van der Waals surface area (Å²) in [4.78, 5) is 13.1. The van der Waals surface area contributed by atoms with E-state index >= 15 is 0 Å². The van der Waals surface area contributed by atoms with Crippen LogP contribution in [-0.4, -0.2) is 38.5 Å². The van der Waals surface area contributed by atoms with Crippen LogP contribution in [0.2, 0.25) is 5.02 Å². The van der Waals surface area contributed by atoms with Crippen molar-refractivity contribution >= 4 is 35.0 Å². The van der Waals surface area contributed by atoms with Gasteiger partial charge in [0.1, 0.15) is 13.2 Å². The Kier molecular flexibility index (Phi) is 9.28. The third-order valence-corrected chi connectivity index (χ3v) is 6.18. The molecule has 0 spiro atoms. The van der Waals surface area contributed by atoms with Crippen molar-refractivity contribution in [2.75, 3.05) is 31.9 Å². The molecule has 0 atom stereocenters. The van der Waals surface area contributed by atoms with E-state index in [2.05, 4.69) is 11.7 Å². The van der Waals surface area contributed by atoms with Crippen molar-refractivity contribution < 1.29 is 23.7 Å². The highest BCUT2D eigenvalue weighted by Gasteiger charge is 2.28. The van der Waals surface area contributed by atoms with Gasteiger partial charge in [-0.15, -0.1) is 6.58 Å². The number of amides is 1. The molecular formula is C31H31ClN2O5. The highest BCUT2D eigenvalue weighted by atomic mass is 35.5. The summed E-state index contributed by atoms with van der Waals surface area (Å²) in [5, 5.41) is 6.19. The van der Waals surface area contributed by atoms with Gasteiger partial charge in [-0.3, -0.25) is 4.79 Å². The molecule has 202 valence electrons. The summed E-state index contributed by atoms with van der Waals surface area (Å²) in [6.07, 6.45) is 4.34. The van der Waals surface area contributed by atoms with E-state index in [1.54, 1.807) is 32.2 Å². The minimum atomic E-state index is -0.210. The minimum absolute atomic E-state index is 0.210. The number of methoxy groups -OCH3 is 1. The molecule has 39 heavy (non-hydrogen) atoms. The number of carbonyl (C=O) groups is 1. The predicted octanol–water partition coefficient (Wildman–Crippen LogP) is 6.74. The van der Waals surface area contributed by atoms with Gasteiger partial charge in [-0.1, -0.05) is 41.9 Å². The molecule has 0 saturated carbocycles. The van der Waals surface area contributed by atoms with E-state index < -0.39 is 0 Å². The molecule has 3 aromatic rings. The predicted molar refractivity (Wildman–Crippen MR) is 156 cm³/mol. The SMILES string of the molecule is C=CCc1ccc(OCCOc2c(Cl)cc(/C=C3/C(=O)N(c4ccccc4)N=C3C)cc2OCC)c(OC)c1. The van der Waals surface area contributed by atoms with Crippen LogP contribution in [-0.2, 0) is 11.2 Å². The highest BCUT2D eigenvalue weighted by Crippen LogP contribution is 2.38. The molecule has 3 aromatic carbocycles. The van der Waals surface area contributed by atoms with Crippen molar-refractivity contribution in [3.05, 3.63) is 95.0 Å². The van der Waals surface area contributed by atoms with Gasteiger partial charge in [0.25, 0.3) is 5.91 Å². The Morgan fingerprint density at radius 1 is 0.974 bits per heavy atom. The monoisotopic (exact) mass is 546 g/mol. The van der Waals surface area contributed by atoms with Crippen molar-refractivity contribution in [3.63, 3.8) is 0 Å². The smallest absolute Gasteiger partial charge is 0.280 e. The molecule has 7 nitrogen and oxygen atoms in total. The Morgan fingerprint density at radius 3 is 2.46 bits per heavy atom. The topological polar surface area (TPSA) is 69.6 Å². The zero-order valence-corrected chi connectivity index (χ0v) is 23.0. The maximum Gasteiger partial charge on any atom is 0.280 e. The molecule has 0 aliphatic carbocycles. The number of hydrogen-bond acceptors (Lipinski definition) is 6. The first-order valence-corrected chi connectivity index (χ1v) is 13.0. The lowest BCUT2D eigenvalue weighted by molar-refractivity contribution is -0.114. The molecule has 0 aromatic heterocycles. The fourth-order valence-corrected chi connectivity index (χ4v) is 4.36. The Bertz CT molecular complexity index is 1400. The van der Waals surface area contributed by atoms with E-state index in [9.17, 15) is 4.79 Å². The van der Waals surface area contributed by atoms with E-state index in [1.165, 1.54) is 5.01 Å². The number of halogens is 1. The summed E-state index contributed by atoms with van der Waals surface area (Å²) in [5.41, 5.74) is 3.58. The molecular weight excluding hydrogens is 516 g/mol. The molecule has 0 bridgehead atoms. The summed E-state index contributed by atoms with van der Waals surface area (Å²) in [7, 11) is 1.60. The second-order valence-electron chi connectivity index (χ2n) is 8.63. The number of ether oxygens (including phenoxy) is 4. The standard InChI is InChI=1S/C31H31ClN2O5/c1-5-10-22-13-14-27(28(19-22)36-4)38-15-16-39-30-26(32)18-23(20-29(30)37-6-2)17-25-21(3)33-34(31(25)35)24-11-8-7-9-12-24/h5,7-9,11-14,17-20H,1,6,10,15-16H2,2-4H3/b25-17+. The molecule has 0 saturated heterocycles. The summed E-state index contributed by atoms with van der Waals surface area (Å²) in [5.74, 6) is 1.94. The first-order chi connectivity index (χ1) is 18.9. The van der Waals surface area contributed by atoms with Gasteiger partial charge in [0.2, 0.25) is 0 Å². The quantitative estimate of drug-likeness (QED) is 0.143. The highest BCUT2D eigenvalue weighted by molar-refractivity contribution is 6.33. The van der Waals surface area contributed by atoms with Crippen LogP contribution in [0.4, 0.5) is 5.69 Å². The van der Waals surface area contributed by atoms with Crippen LogP contribution in [0.25, 0.3) is 6.08 Å². The van der Waals surface area contributed by atoms with Crippen LogP contribution >= 0.6 is 11.6 Å². The average molecular weight is 547 g/mol.